The Hall–Kier alpha value is -1.97. The number of aromatic nitrogens is 1. The Morgan fingerprint density at radius 1 is 1.26 bits per heavy atom. The predicted octanol–water partition coefficient (Wildman–Crippen LogP) is 3.98. The van der Waals surface area contributed by atoms with Gasteiger partial charge in [-0.2, -0.15) is 0 Å². The molecule has 2 aromatic rings. The maximum absolute atomic E-state index is 5.61. The average molecular weight is 259 g/mol. The van der Waals surface area contributed by atoms with Crippen LogP contribution in [0.3, 0.4) is 0 Å². The first kappa shape index (κ1) is 13.5. The van der Waals surface area contributed by atoms with E-state index in [0.717, 1.165) is 35.9 Å². The number of furan rings is 1. The molecule has 0 saturated carbocycles. The van der Waals surface area contributed by atoms with Crippen LogP contribution in [0.5, 0.6) is 0 Å². The molecule has 4 nitrogen and oxygen atoms in total. The molecule has 2 heterocycles. The van der Waals surface area contributed by atoms with E-state index in [-0.39, 0.29) is 6.04 Å². The highest BCUT2D eigenvalue weighted by atomic mass is 16.3. The summed E-state index contributed by atoms with van der Waals surface area (Å²) in [6.07, 6.45) is 4.76. The van der Waals surface area contributed by atoms with Crippen LogP contribution in [-0.2, 0) is 0 Å². The fourth-order valence-electron chi connectivity index (χ4n) is 1.89. The highest BCUT2D eigenvalue weighted by Crippen LogP contribution is 2.22. The molecule has 0 amide bonds. The Morgan fingerprint density at radius 3 is 2.74 bits per heavy atom. The van der Waals surface area contributed by atoms with Crippen LogP contribution in [0.4, 0.5) is 11.4 Å². The van der Waals surface area contributed by atoms with Gasteiger partial charge in [0.1, 0.15) is 11.5 Å². The first-order valence-electron chi connectivity index (χ1n) is 6.71. The van der Waals surface area contributed by atoms with Crippen molar-refractivity contribution in [3.63, 3.8) is 0 Å². The van der Waals surface area contributed by atoms with Crippen molar-refractivity contribution in [3.8, 4) is 0 Å². The number of nitrogens with one attached hydrogen (secondary N) is 2. The molecule has 102 valence electrons. The summed E-state index contributed by atoms with van der Waals surface area (Å²) in [6.45, 7) is 7.12. The van der Waals surface area contributed by atoms with Gasteiger partial charge in [0, 0.05) is 6.54 Å². The fraction of sp³-hybridized carbons (Fsp3) is 0.400. The summed E-state index contributed by atoms with van der Waals surface area (Å²) in [5.74, 6) is 1.87. The van der Waals surface area contributed by atoms with Gasteiger partial charge in [0.05, 0.1) is 29.8 Å². The third kappa shape index (κ3) is 3.74. The Kier molecular flexibility index (Phi) is 4.44. The van der Waals surface area contributed by atoms with Gasteiger partial charge in [0.25, 0.3) is 0 Å². The van der Waals surface area contributed by atoms with Crippen molar-refractivity contribution in [1.82, 2.24) is 4.98 Å². The molecule has 1 unspecified atom stereocenters. The number of anilines is 2. The maximum Gasteiger partial charge on any atom is 0.126 e. The van der Waals surface area contributed by atoms with Crippen LogP contribution >= 0.6 is 0 Å². The third-order valence-corrected chi connectivity index (χ3v) is 2.89. The van der Waals surface area contributed by atoms with Crippen molar-refractivity contribution >= 4 is 11.4 Å². The minimum atomic E-state index is 0.122. The molecule has 0 fully saturated rings. The van der Waals surface area contributed by atoms with Crippen LogP contribution in [0.2, 0.25) is 0 Å². The Morgan fingerprint density at radius 2 is 2.05 bits per heavy atom. The normalized spacial score (nSPS) is 12.2. The zero-order chi connectivity index (χ0) is 13.7. The number of nitrogens with zero attached hydrogens (tertiary/aromatic N) is 1. The lowest BCUT2D eigenvalue weighted by atomic mass is 10.2. The molecule has 1 atom stereocenters. The largest absolute Gasteiger partial charge is 0.464 e. The summed E-state index contributed by atoms with van der Waals surface area (Å²) in [4.78, 5) is 4.23. The lowest BCUT2D eigenvalue weighted by molar-refractivity contribution is 0.467. The molecule has 0 bridgehead atoms. The molecule has 0 spiro atoms. The van der Waals surface area contributed by atoms with Crippen molar-refractivity contribution in [2.75, 3.05) is 17.2 Å². The van der Waals surface area contributed by atoms with Gasteiger partial charge in [-0.1, -0.05) is 6.92 Å². The van der Waals surface area contributed by atoms with E-state index >= 15 is 0 Å². The summed E-state index contributed by atoms with van der Waals surface area (Å²) in [7, 11) is 0. The van der Waals surface area contributed by atoms with E-state index in [9.17, 15) is 0 Å². The van der Waals surface area contributed by atoms with Gasteiger partial charge >= 0.3 is 0 Å². The van der Waals surface area contributed by atoms with Crippen molar-refractivity contribution in [1.29, 1.82) is 0 Å². The molecule has 2 N–H and O–H groups in total. The minimum Gasteiger partial charge on any atom is -0.464 e. The van der Waals surface area contributed by atoms with Gasteiger partial charge in [-0.05, 0) is 38.5 Å². The van der Waals surface area contributed by atoms with Gasteiger partial charge in [0.15, 0.2) is 0 Å². The molecule has 0 saturated heterocycles. The summed E-state index contributed by atoms with van der Waals surface area (Å²) >= 11 is 0. The molecule has 4 heteroatoms. The van der Waals surface area contributed by atoms with Gasteiger partial charge in [-0.25, -0.2) is 0 Å². The highest BCUT2D eigenvalue weighted by Gasteiger charge is 2.09. The molecular formula is C15H21N3O. The van der Waals surface area contributed by atoms with Crippen molar-refractivity contribution < 1.29 is 4.42 Å². The first-order chi connectivity index (χ1) is 9.19. The Balaban J connectivity index is 2.02. The molecule has 0 aliphatic carbocycles. The number of aryl methyl sites for hydroxylation is 1. The minimum absolute atomic E-state index is 0.122. The van der Waals surface area contributed by atoms with Gasteiger partial charge in [0.2, 0.25) is 0 Å². The first-order valence-corrected chi connectivity index (χ1v) is 6.71. The van der Waals surface area contributed by atoms with E-state index in [1.165, 1.54) is 0 Å². The van der Waals surface area contributed by atoms with Crippen molar-refractivity contribution in [2.24, 2.45) is 0 Å². The maximum atomic E-state index is 5.61. The van der Waals surface area contributed by atoms with Crippen LogP contribution in [-0.4, -0.2) is 11.5 Å². The highest BCUT2D eigenvalue weighted by molar-refractivity contribution is 5.54. The van der Waals surface area contributed by atoms with Crippen LogP contribution < -0.4 is 10.6 Å². The monoisotopic (exact) mass is 259 g/mol. The van der Waals surface area contributed by atoms with Gasteiger partial charge in [-0.15, -0.1) is 0 Å². The number of hydrogen-bond acceptors (Lipinski definition) is 4. The van der Waals surface area contributed by atoms with E-state index < -0.39 is 0 Å². The van der Waals surface area contributed by atoms with Crippen LogP contribution in [0, 0.1) is 6.92 Å². The van der Waals surface area contributed by atoms with E-state index in [1.807, 2.05) is 31.5 Å². The summed E-state index contributed by atoms with van der Waals surface area (Å²) in [6, 6.07) is 6.16. The van der Waals surface area contributed by atoms with Crippen LogP contribution in [0.1, 0.15) is 37.8 Å². The number of hydrogen-bond donors (Lipinski definition) is 2. The Bertz CT molecular complexity index is 522. The average Bonchev–Trinajstić information content (AvgIpc) is 2.83. The second kappa shape index (κ2) is 6.27. The molecular weight excluding hydrogens is 238 g/mol. The summed E-state index contributed by atoms with van der Waals surface area (Å²) in [5.41, 5.74) is 2.03. The summed E-state index contributed by atoms with van der Waals surface area (Å²) < 4.78 is 5.61. The van der Waals surface area contributed by atoms with Gasteiger partial charge < -0.3 is 15.1 Å². The van der Waals surface area contributed by atoms with E-state index in [1.54, 1.807) is 0 Å². The number of pyridine rings is 1. The topological polar surface area (TPSA) is 50.1 Å². The smallest absolute Gasteiger partial charge is 0.126 e. The molecule has 0 aliphatic heterocycles. The molecule has 0 radical (unpaired) electrons. The number of rotatable bonds is 6. The quantitative estimate of drug-likeness (QED) is 0.824. The lowest BCUT2D eigenvalue weighted by Gasteiger charge is -2.14. The standard InChI is InChI=1S/C15H21N3O/c1-4-7-17-13-8-14(10-16-9-13)18-12(3)15-6-5-11(2)19-15/h5-6,8-10,12,17-18H,4,7H2,1-3H3. The molecule has 2 rings (SSSR count). The zero-order valence-corrected chi connectivity index (χ0v) is 11.7. The zero-order valence-electron chi connectivity index (χ0n) is 11.7. The second-order valence-electron chi connectivity index (χ2n) is 4.70. The Labute approximate surface area is 114 Å². The SMILES string of the molecule is CCCNc1cncc(NC(C)c2ccc(C)o2)c1. The van der Waals surface area contributed by atoms with E-state index in [4.69, 9.17) is 4.42 Å². The second-order valence-corrected chi connectivity index (χ2v) is 4.70. The van der Waals surface area contributed by atoms with Crippen molar-refractivity contribution in [2.45, 2.75) is 33.2 Å². The third-order valence-electron chi connectivity index (χ3n) is 2.89. The molecule has 0 aliphatic rings. The van der Waals surface area contributed by atoms with Crippen LogP contribution in [0.25, 0.3) is 0 Å². The van der Waals surface area contributed by atoms with Crippen molar-refractivity contribution in [3.05, 3.63) is 42.1 Å². The fourth-order valence-corrected chi connectivity index (χ4v) is 1.89. The van der Waals surface area contributed by atoms with Gasteiger partial charge in [-0.3, -0.25) is 4.98 Å². The predicted molar refractivity (Wildman–Crippen MR) is 78.5 cm³/mol. The molecule has 19 heavy (non-hydrogen) atoms. The van der Waals surface area contributed by atoms with Crippen LogP contribution in [0.15, 0.2) is 35.0 Å². The van der Waals surface area contributed by atoms with E-state index in [2.05, 4.69) is 35.5 Å². The molecule has 2 aromatic heterocycles. The lowest BCUT2D eigenvalue weighted by Crippen LogP contribution is -2.07. The summed E-state index contributed by atoms with van der Waals surface area (Å²) in [5, 5.41) is 6.72. The molecule has 0 aromatic carbocycles. The van der Waals surface area contributed by atoms with E-state index in [0.29, 0.717) is 0 Å².